The van der Waals surface area contributed by atoms with E-state index in [9.17, 15) is 10.2 Å². The van der Waals surface area contributed by atoms with E-state index in [2.05, 4.69) is 5.48 Å². The number of ether oxygens (including phenoxy) is 1. The standard InChI is InChI=1S/C13H19NO4/c1-12(2,15)13(16)8-11(18-14-13)9-4-6-10(17-3)7-5-9/h4-7,11,14-16H,8H2,1-3H3/t11-,13+/m0/s1. The zero-order chi connectivity index (χ0) is 13.4. The van der Waals surface area contributed by atoms with E-state index in [1.165, 1.54) is 0 Å². The average Bonchev–Trinajstić information content (AvgIpc) is 2.73. The van der Waals surface area contributed by atoms with Crippen molar-refractivity contribution in [2.75, 3.05) is 7.11 Å². The van der Waals surface area contributed by atoms with Gasteiger partial charge in [0.15, 0.2) is 5.72 Å². The Hall–Kier alpha value is -1.14. The number of hydrogen-bond acceptors (Lipinski definition) is 5. The van der Waals surface area contributed by atoms with Crippen LogP contribution in [0.4, 0.5) is 0 Å². The SMILES string of the molecule is COc1ccc([C@@H]2C[C@@](O)(C(C)(C)O)NO2)cc1. The minimum atomic E-state index is -1.45. The summed E-state index contributed by atoms with van der Waals surface area (Å²) in [6.45, 7) is 3.08. The molecular weight excluding hydrogens is 234 g/mol. The summed E-state index contributed by atoms with van der Waals surface area (Å²) in [4.78, 5) is 5.35. The van der Waals surface area contributed by atoms with E-state index in [4.69, 9.17) is 9.57 Å². The van der Waals surface area contributed by atoms with Gasteiger partial charge in [-0.3, -0.25) is 4.84 Å². The van der Waals surface area contributed by atoms with Gasteiger partial charge in [0.05, 0.1) is 7.11 Å². The molecule has 1 fully saturated rings. The molecular formula is C13H19NO4. The van der Waals surface area contributed by atoms with E-state index >= 15 is 0 Å². The smallest absolute Gasteiger partial charge is 0.168 e. The third kappa shape index (κ3) is 2.35. The Bertz CT molecular complexity index is 412. The zero-order valence-electron chi connectivity index (χ0n) is 10.8. The monoisotopic (exact) mass is 253 g/mol. The summed E-state index contributed by atoms with van der Waals surface area (Å²) in [5.74, 6) is 0.766. The highest BCUT2D eigenvalue weighted by Crippen LogP contribution is 2.37. The lowest BCUT2D eigenvalue weighted by Gasteiger charge is -2.33. The van der Waals surface area contributed by atoms with Crippen molar-refractivity contribution in [2.45, 2.75) is 37.7 Å². The Morgan fingerprint density at radius 3 is 2.44 bits per heavy atom. The maximum Gasteiger partial charge on any atom is 0.168 e. The van der Waals surface area contributed by atoms with E-state index in [-0.39, 0.29) is 12.5 Å². The molecule has 0 spiro atoms. The molecule has 18 heavy (non-hydrogen) atoms. The van der Waals surface area contributed by atoms with Gasteiger partial charge < -0.3 is 14.9 Å². The van der Waals surface area contributed by atoms with Gasteiger partial charge in [0.1, 0.15) is 17.5 Å². The van der Waals surface area contributed by atoms with Gasteiger partial charge in [-0.05, 0) is 31.5 Å². The quantitative estimate of drug-likeness (QED) is 0.753. The zero-order valence-corrected chi connectivity index (χ0v) is 10.8. The van der Waals surface area contributed by atoms with Crippen LogP contribution in [-0.4, -0.2) is 28.6 Å². The first-order valence-electron chi connectivity index (χ1n) is 5.87. The van der Waals surface area contributed by atoms with E-state index in [1.807, 2.05) is 24.3 Å². The fraction of sp³-hybridized carbons (Fsp3) is 0.538. The summed E-state index contributed by atoms with van der Waals surface area (Å²) < 4.78 is 5.08. The predicted molar refractivity (Wildman–Crippen MR) is 65.8 cm³/mol. The number of aliphatic hydroxyl groups is 2. The first-order valence-corrected chi connectivity index (χ1v) is 5.87. The molecule has 1 heterocycles. The van der Waals surface area contributed by atoms with Gasteiger partial charge in [0, 0.05) is 6.42 Å². The number of methoxy groups -OCH3 is 1. The molecule has 5 heteroatoms. The van der Waals surface area contributed by atoms with Crippen molar-refractivity contribution in [1.82, 2.24) is 5.48 Å². The van der Waals surface area contributed by atoms with E-state index in [0.29, 0.717) is 0 Å². The highest BCUT2D eigenvalue weighted by molar-refractivity contribution is 5.29. The lowest BCUT2D eigenvalue weighted by Crippen LogP contribution is -2.56. The third-order valence-electron chi connectivity index (χ3n) is 3.35. The molecule has 1 aromatic carbocycles. The van der Waals surface area contributed by atoms with Crippen molar-refractivity contribution >= 4 is 0 Å². The Kier molecular flexibility index (Phi) is 3.33. The topological polar surface area (TPSA) is 71.0 Å². The van der Waals surface area contributed by atoms with Crippen molar-refractivity contribution in [3.8, 4) is 5.75 Å². The van der Waals surface area contributed by atoms with Gasteiger partial charge in [-0.1, -0.05) is 12.1 Å². The molecule has 5 nitrogen and oxygen atoms in total. The fourth-order valence-corrected chi connectivity index (χ4v) is 1.90. The summed E-state index contributed by atoms with van der Waals surface area (Å²) in [6.07, 6.45) is -0.0182. The molecule has 1 aliphatic heterocycles. The summed E-state index contributed by atoms with van der Waals surface area (Å²) >= 11 is 0. The van der Waals surface area contributed by atoms with Crippen LogP contribution in [0.2, 0.25) is 0 Å². The molecule has 0 saturated carbocycles. The van der Waals surface area contributed by atoms with Crippen molar-refractivity contribution in [2.24, 2.45) is 0 Å². The van der Waals surface area contributed by atoms with Crippen molar-refractivity contribution < 1.29 is 19.8 Å². The minimum absolute atomic E-state index is 0.281. The summed E-state index contributed by atoms with van der Waals surface area (Å²) in [6, 6.07) is 7.42. The molecule has 100 valence electrons. The molecule has 0 radical (unpaired) electrons. The molecule has 0 amide bonds. The molecule has 2 atom stereocenters. The van der Waals surface area contributed by atoms with Crippen LogP contribution in [0.5, 0.6) is 5.75 Å². The molecule has 0 aromatic heterocycles. The van der Waals surface area contributed by atoms with E-state index < -0.39 is 11.3 Å². The second kappa shape index (κ2) is 4.51. The normalized spacial score (nSPS) is 28.4. The Labute approximate surface area is 106 Å². The summed E-state index contributed by atoms with van der Waals surface area (Å²) in [7, 11) is 1.61. The lowest BCUT2D eigenvalue weighted by atomic mass is 9.89. The van der Waals surface area contributed by atoms with Crippen LogP contribution >= 0.6 is 0 Å². The molecule has 0 bridgehead atoms. The number of hydrogen-bond donors (Lipinski definition) is 3. The molecule has 1 saturated heterocycles. The van der Waals surface area contributed by atoms with Crippen LogP contribution in [0.3, 0.4) is 0 Å². The van der Waals surface area contributed by atoms with Crippen molar-refractivity contribution in [3.63, 3.8) is 0 Å². The molecule has 1 aliphatic rings. The van der Waals surface area contributed by atoms with Crippen LogP contribution < -0.4 is 10.2 Å². The van der Waals surface area contributed by atoms with Crippen molar-refractivity contribution in [1.29, 1.82) is 0 Å². The van der Waals surface area contributed by atoms with Gasteiger partial charge in [0.2, 0.25) is 0 Å². The second-order valence-corrected chi connectivity index (χ2v) is 5.11. The maximum atomic E-state index is 10.2. The van der Waals surface area contributed by atoms with Crippen LogP contribution in [0.1, 0.15) is 31.9 Å². The summed E-state index contributed by atoms with van der Waals surface area (Å²) in [5, 5.41) is 20.2. The predicted octanol–water partition coefficient (Wildman–Crippen LogP) is 1.12. The maximum absolute atomic E-state index is 10.2. The second-order valence-electron chi connectivity index (χ2n) is 5.11. The Balaban J connectivity index is 2.13. The first kappa shape index (κ1) is 13.3. The number of hydroxylamine groups is 1. The largest absolute Gasteiger partial charge is 0.497 e. The van der Waals surface area contributed by atoms with Gasteiger partial charge in [-0.2, -0.15) is 5.48 Å². The molecule has 3 N–H and O–H groups in total. The third-order valence-corrected chi connectivity index (χ3v) is 3.35. The number of nitrogens with one attached hydrogen (secondary N) is 1. The molecule has 2 rings (SSSR count). The van der Waals surface area contributed by atoms with Gasteiger partial charge in [0.25, 0.3) is 0 Å². The van der Waals surface area contributed by atoms with Crippen LogP contribution in [0, 0.1) is 0 Å². The van der Waals surface area contributed by atoms with Crippen LogP contribution in [0.15, 0.2) is 24.3 Å². The lowest BCUT2D eigenvalue weighted by molar-refractivity contribution is -0.173. The van der Waals surface area contributed by atoms with Crippen LogP contribution in [0.25, 0.3) is 0 Å². The fourth-order valence-electron chi connectivity index (χ4n) is 1.90. The first-order chi connectivity index (χ1) is 8.36. The Morgan fingerprint density at radius 2 is 2.00 bits per heavy atom. The Morgan fingerprint density at radius 1 is 1.39 bits per heavy atom. The molecule has 0 aliphatic carbocycles. The molecule has 1 aromatic rings. The van der Waals surface area contributed by atoms with Crippen LogP contribution in [-0.2, 0) is 4.84 Å². The van der Waals surface area contributed by atoms with E-state index in [1.54, 1.807) is 21.0 Å². The summed E-state index contributed by atoms with van der Waals surface area (Å²) in [5.41, 5.74) is 0.714. The highest BCUT2D eigenvalue weighted by atomic mass is 16.7. The van der Waals surface area contributed by atoms with Gasteiger partial charge in [-0.15, -0.1) is 0 Å². The average molecular weight is 253 g/mol. The van der Waals surface area contributed by atoms with Gasteiger partial charge in [-0.25, -0.2) is 0 Å². The number of rotatable bonds is 3. The number of benzene rings is 1. The highest BCUT2D eigenvalue weighted by Gasteiger charge is 2.49. The molecule has 0 unspecified atom stereocenters. The minimum Gasteiger partial charge on any atom is -0.497 e. The van der Waals surface area contributed by atoms with E-state index in [0.717, 1.165) is 11.3 Å². The van der Waals surface area contributed by atoms with Crippen molar-refractivity contribution in [3.05, 3.63) is 29.8 Å². The van der Waals surface area contributed by atoms with Gasteiger partial charge >= 0.3 is 0 Å².